The molecule has 0 heterocycles. The zero-order valence-corrected chi connectivity index (χ0v) is 21.8. The highest BCUT2D eigenvalue weighted by molar-refractivity contribution is 5.68. The van der Waals surface area contributed by atoms with Gasteiger partial charge in [-0.15, -0.1) is 0 Å². The van der Waals surface area contributed by atoms with Crippen LogP contribution in [-0.4, -0.2) is 47.8 Å². The first-order chi connectivity index (χ1) is 16.5. The summed E-state index contributed by atoms with van der Waals surface area (Å²) in [4.78, 5) is 23.1. The van der Waals surface area contributed by atoms with Crippen molar-refractivity contribution in [2.75, 3.05) is 13.2 Å². The van der Waals surface area contributed by atoms with Crippen molar-refractivity contribution >= 4 is 12.1 Å². The molecule has 0 aliphatic heterocycles. The second-order valence-corrected chi connectivity index (χ2v) is 11.5. The maximum absolute atomic E-state index is 12.1. The van der Waals surface area contributed by atoms with Gasteiger partial charge in [0.1, 0.15) is 11.9 Å². The first-order valence-electron chi connectivity index (χ1n) is 12.9. The summed E-state index contributed by atoms with van der Waals surface area (Å²) in [5.41, 5.74) is 2.36. The normalized spacial score (nSPS) is 25.2. The Bertz CT molecular complexity index is 875. The number of fused-ring (bicyclic) bond motifs is 2. The Kier molecular flexibility index (Phi) is 9.08. The average Bonchev–Trinajstić information content (AvgIpc) is 3.06. The van der Waals surface area contributed by atoms with Crippen LogP contribution in [0.2, 0.25) is 0 Å². The fraction of sp³-hybridized carbons (Fsp3) is 0.714. The van der Waals surface area contributed by atoms with Crippen molar-refractivity contribution in [2.24, 2.45) is 29.1 Å². The molecule has 2 aliphatic carbocycles. The third-order valence-corrected chi connectivity index (χ3v) is 7.56. The Morgan fingerprint density at radius 3 is 2.60 bits per heavy atom. The molecule has 7 nitrogen and oxygen atoms in total. The summed E-state index contributed by atoms with van der Waals surface area (Å²) in [6, 6.07) is 5.83. The van der Waals surface area contributed by atoms with Gasteiger partial charge in [0.05, 0.1) is 12.7 Å². The van der Waals surface area contributed by atoms with Gasteiger partial charge < -0.3 is 24.4 Å². The Balaban J connectivity index is 1.70. The van der Waals surface area contributed by atoms with Crippen molar-refractivity contribution in [2.45, 2.75) is 85.4 Å². The van der Waals surface area contributed by atoms with Crippen molar-refractivity contribution in [3.8, 4) is 5.75 Å². The number of ether oxygens (including phenoxy) is 3. The lowest BCUT2D eigenvalue weighted by atomic mass is 9.73. The number of rotatable bonds is 10. The predicted octanol–water partition coefficient (Wildman–Crippen LogP) is 5.26. The fourth-order valence-corrected chi connectivity index (χ4v) is 6.27. The lowest BCUT2D eigenvalue weighted by Gasteiger charge is -2.34. The molecule has 7 heteroatoms. The minimum Gasteiger partial charge on any atom is -0.482 e. The Morgan fingerprint density at radius 2 is 1.94 bits per heavy atom. The molecule has 2 N–H and O–H groups in total. The minimum atomic E-state index is -0.993. The summed E-state index contributed by atoms with van der Waals surface area (Å²) in [7, 11) is 0. The molecule has 1 saturated carbocycles. The molecule has 2 aliphatic rings. The smallest absolute Gasteiger partial charge is 0.482 e. The van der Waals surface area contributed by atoms with Crippen LogP contribution in [0.25, 0.3) is 0 Å². The van der Waals surface area contributed by atoms with Crippen LogP contribution in [0.5, 0.6) is 5.75 Å². The van der Waals surface area contributed by atoms with Crippen LogP contribution in [-0.2, 0) is 27.1 Å². The maximum atomic E-state index is 12.1. The molecule has 0 amide bonds. The third-order valence-electron chi connectivity index (χ3n) is 7.56. The highest BCUT2D eigenvalue weighted by Crippen LogP contribution is 2.48. The van der Waals surface area contributed by atoms with E-state index in [-0.39, 0.29) is 36.6 Å². The van der Waals surface area contributed by atoms with Gasteiger partial charge in [-0.2, -0.15) is 0 Å². The molecule has 0 saturated heterocycles. The summed E-state index contributed by atoms with van der Waals surface area (Å²) in [5, 5.41) is 20.0. The van der Waals surface area contributed by atoms with E-state index >= 15 is 0 Å². The quantitative estimate of drug-likeness (QED) is 0.432. The summed E-state index contributed by atoms with van der Waals surface area (Å²) in [6.07, 6.45) is 3.46. The molecule has 0 spiro atoms. The number of carboxylic acid groups (broad SMARTS) is 1. The molecule has 1 aromatic rings. The first kappa shape index (κ1) is 27.3. The largest absolute Gasteiger partial charge is 0.508 e. The second-order valence-electron chi connectivity index (χ2n) is 11.5. The average molecular weight is 491 g/mol. The molecule has 196 valence electrons. The van der Waals surface area contributed by atoms with Crippen LogP contribution in [0.4, 0.5) is 4.79 Å². The van der Waals surface area contributed by atoms with Crippen molar-refractivity contribution in [3.05, 3.63) is 29.3 Å². The highest BCUT2D eigenvalue weighted by atomic mass is 16.7. The summed E-state index contributed by atoms with van der Waals surface area (Å²) >= 11 is 0. The molecule has 35 heavy (non-hydrogen) atoms. The topological polar surface area (TPSA) is 102 Å². The molecule has 1 fully saturated rings. The van der Waals surface area contributed by atoms with Gasteiger partial charge in [0.25, 0.3) is 0 Å². The predicted molar refractivity (Wildman–Crippen MR) is 132 cm³/mol. The minimum absolute atomic E-state index is 0.112. The van der Waals surface area contributed by atoms with E-state index in [0.29, 0.717) is 24.0 Å². The number of hydrogen-bond donors (Lipinski definition) is 2. The Morgan fingerprint density at radius 1 is 1.20 bits per heavy atom. The second kappa shape index (κ2) is 11.6. The number of hydrogen-bond acceptors (Lipinski definition) is 6. The van der Waals surface area contributed by atoms with Crippen LogP contribution in [0.1, 0.15) is 71.4 Å². The van der Waals surface area contributed by atoms with Gasteiger partial charge in [0.15, 0.2) is 6.61 Å². The van der Waals surface area contributed by atoms with Gasteiger partial charge in [0, 0.05) is 0 Å². The van der Waals surface area contributed by atoms with Gasteiger partial charge in [-0.1, -0.05) is 39.8 Å². The molecule has 6 atom stereocenters. The van der Waals surface area contributed by atoms with E-state index in [1.807, 2.05) is 12.1 Å². The molecule has 0 radical (unpaired) electrons. The molecule has 0 bridgehead atoms. The van der Waals surface area contributed by atoms with Gasteiger partial charge in [-0.3, -0.25) is 0 Å². The number of aliphatic carboxylic acids is 1. The van der Waals surface area contributed by atoms with E-state index in [9.17, 15) is 14.7 Å². The van der Waals surface area contributed by atoms with Crippen molar-refractivity contribution < 1.29 is 34.0 Å². The first-order valence-corrected chi connectivity index (χ1v) is 12.9. The van der Waals surface area contributed by atoms with Crippen LogP contribution >= 0.6 is 0 Å². The molecule has 1 unspecified atom stereocenters. The van der Waals surface area contributed by atoms with Gasteiger partial charge in [0.2, 0.25) is 0 Å². The van der Waals surface area contributed by atoms with Gasteiger partial charge in [-0.05, 0) is 91.7 Å². The van der Waals surface area contributed by atoms with E-state index in [2.05, 4.69) is 33.8 Å². The molecule has 1 aromatic carbocycles. The van der Waals surface area contributed by atoms with Crippen LogP contribution in [0.15, 0.2) is 18.2 Å². The molecular formula is C28H42O7. The fourth-order valence-electron chi connectivity index (χ4n) is 6.27. The molecule has 0 aromatic heterocycles. The van der Waals surface area contributed by atoms with Gasteiger partial charge in [-0.25, -0.2) is 9.59 Å². The monoisotopic (exact) mass is 490 g/mol. The SMILES string of the molecule is CCOC(=O)O[C@H](CC[C@@H]1[C@H]2Cc3cccc(OCC(=O)O)c3C[C@H]2C[C@H]1O)C(C)CC(C)(C)C. The third kappa shape index (κ3) is 7.35. The van der Waals surface area contributed by atoms with E-state index in [1.54, 1.807) is 6.92 Å². The Hall–Kier alpha value is -2.28. The number of carbonyl (C=O) groups is 2. The van der Waals surface area contributed by atoms with Crippen LogP contribution in [0, 0.1) is 29.1 Å². The number of carboxylic acids is 1. The van der Waals surface area contributed by atoms with E-state index < -0.39 is 18.2 Å². The summed E-state index contributed by atoms with van der Waals surface area (Å²) in [6.45, 7) is 10.4. The zero-order chi connectivity index (χ0) is 25.8. The summed E-state index contributed by atoms with van der Waals surface area (Å²) in [5.74, 6) is 0.622. The molecule has 3 rings (SSSR count). The summed E-state index contributed by atoms with van der Waals surface area (Å²) < 4.78 is 16.3. The Labute approximate surface area is 209 Å². The van der Waals surface area contributed by atoms with E-state index in [0.717, 1.165) is 37.7 Å². The van der Waals surface area contributed by atoms with Crippen LogP contribution in [0.3, 0.4) is 0 Å². The van der Waals surface area contributed by atoms with Crippen molar-refractivity contribution in [1.29, 1.82) is 0 Å². The lowest BCUT2D eigenvalue weighted by Crippen LogP contribution is -2.32. The number of aliphatic hydroxyl groups excluding tert-OH is 1. The highest BCUT2D eigenvalue weighted by Gasteiger charge is 2.45. The van der Waals surface area contributed by atoms with Crippen molar-refractivity contribution in [1.82, 2.24) is 0 Å². The number of benzene rings is 1. The van der Waals surface area contributed by atoms with E-state index in [1.165, 1.54) is 5.56 Å². The van der Waals surface area contributed by atoms with Crippen LogP contribution < -0.4 is 4.74 Å². The van der Waals surface area contributed by atoms with Gasteiger partial charge >= 0.3 is 12.1 Å². The zero-order valence-electron chi connectivity index (χ0n) is 21.8. The molecular weight excluding hydrogens is 448 g/mol. The standard InChI is InChI=1S/C28H42O7/c1-6-33-27(32)35-24(17(2)15-28(3,4)5)11-10-20-21-12-18-8-7-9-25(34-16-26(30)31)22(18)13-19(21)14-23(20)29/h7-9,17,19-21,23-24,29H,6,10-16H2,1-5H3,(H,30,31)/t17?,19-,20+,21-,23+,24+/m0/s1. The van der Waals surface area contributed by atoms with E-state index in [4.69, 9.17) is 19.3 Å². The maximum Gasteiger partial charge on any atom is 0.508 e. The number of aliphatic hydroxyl groups is 1. The van der Waals surface area contributed by atoms with Crippen molar-refractivity contribution in [3.63, 3.8) is 0 Å². The lowest BCUT2D eigenvalue weighted by molar-refractivity contribution is -0.139. The number of carbonyl (C=O) groups excluding carboxylic acids is 1.